The number of carbonyl (C=O) groups is 1. The summed E-state index contributed by atoms with van der Waals surface area (Å²) in [6, 6.07) is 5.63. The molecule has 1 N–H and O–H groups in total. The molecule has 2 fully saturated rings. The van der Waals surface area contributed by atoms with E-state index in [9.17, 15) is 9.90 Å². The highest BCUT2D eigenvalue weighted by Gasteiger charge is 2.43. The molecule has 144 valence electrons. The van der Waals surface area contributed by atoms with Gasteiger partial charge in [-0.05, 0) is 18.9 Å². The van der Waals surface area contributed by atoms with E-state index in [1.165, 1.54) is 0 Å². The molecule has 2 aliphatic heterocycles. The van der Waals surface area contributed by atoms with Crippen LogP contribution in [0.2, 0.25) is 0 Å². The van der Waals surface area contributed by atoms with Crippen LogP contribution in [0.1, 0.15) is 18.4 Å². The minimum Gasteiger partial charge on any atom is -0.493 e. The number of morpholine rings is 1. The van der Waals surface area contributed by atoms with Crippen LogP contribution in [0.3, 0.4) is 0 Å². The molecule has 0 bridgehead atoms. The molecular weight excluding hydrogens is 336 g/mol. The van der Waals surface area contributed by atoms with E-state index in [1.807, 2.05) is 18.2 Å². The van der Waals surface area contributed by atoms with Crippen molar-refractivity contribution in [1.29, 1.82) is 0 Å². The average Bonchev–Trinajstić information content (AvgIpc) is 2.66. The van der Waals surface area contributed by atoms with Crippen LogP contribution in [-0.4, -0.2) is 80.0 Å². The molecule has 1 amide bonds. The Kier molecular flexibility index (Phi) is 6.01. The molecule has 0 aromatic heterocycles. The van der Waals surface area contributed by atoms with Crippen molar-refractivity contribution in [3.05, 3.63) is 23.8 Å². The summed E-state index contributed by atoms with van der Waals surface area (Å²) in [7, 11) is 3.18. The van der Waals surface area contributed by atoms with E-state index in [2.05, 4.69) is 4.90 Å². The van der Waals surface area contributed by atoms with Gasteiger partial charge >= 0.3 is 0 Å². The van der Waals surface area contributed by atoms with Crippen molar-refractivity contribution in [2.75, 3.05) is 53.6 Å². The Balaban J connectivity index is 1.73. The minimum atomic E-state index is -1.33. The molecule has 3 rings (SSSR count). The molecule has 7 nitrogen and oxygen atoms in total. The zero-order chi connectivity index (χ0) is 18.6. The summed E-state index contributed by atoms with van der Waals surface area (Å²) in [6.45, 7) is 4.18. The van der Waals surface area contributed by atoms with Crippen LogP contribution in [0.15, 0.2) is 18.2 Å². The molecule has 1 aromatic carbocycles. The number of likely N-dealkylation sites (tertiary alicyclic amines) is 1. The third kappa shape index (κ3) is 3.95. The summed E-state index contributed by atoms with van der Waals surface area (Å²) >= 11 is 0. The van der Waals surface area contributed by atoms with Crippen molar-refractivity contribution in [3.8, 4) is 11.5 Å². The summed E-state index contributed by atoms with van der Waals surface area (Å²) < 4.78 is 16.2. The SMILES string of the molecule is COc1cccc(CN2CCC[C@@](O)(CN3CCOCC3)C2=O)c1OC. The highest BCUT2D eigenvalue weighted by atomic mass is 16.5. The molecule has 0 unspecified atom stereocenters. The first-order valence-corrected chi connectivity index (χ1v) is 9.09. The van der Waals surface area contributed by atoms with Crippen molar-refractivity contribution in [2.45, 2.75) is 25.0 Å². The smallest absolute Gasteiger partial charge is 0.256 e. The number of nitrogens with zero attached hydrogens (tertiary/aromatic N) is 2. The summed E-state index contributed by atoms with van der Waals surface area (Å²) in [5.41, 5.74) is -0.461. The van der Waals surface area contributed by atoms with E-state index in [0.717, 1.165) is 25.1 Å². The van der Waals surface area contributed by atoms with Crippen molar-refractivity contribution >= 4 is 5.91 Å². The van der Waals surface area contributed by atoms with Gasteiger partial charge in [-0.25, -0.2) is 0 Å². The molecule has 0 aliphatic carbocycles. The molecule has 0 radical (unpaired) electrons. The Morgan fingerprint density at radius 3 is 2.65 bits per heavy atom. The Labute approximate surface area is 154 Å². The zero-order valence-corrected chi connectivity index (χ0v) is 15.6. The van der Waals surface area contributed by atoms with Gasteiger partial charge in [0.05, 0.1) is 27.4 Å². The third-order valence-corrected chi connectivity index (χ3v) is 5.14. The normalized spacial score (nSPS) is 24.6. The van der Waals surface area contributed by atoms with Crippen LogP contribution >= 0.6 is 0 Å². The maximum atomic E-state index is 13.0. The van der Waals surface area contributed by atoms with E-state index in [-0.39, 0.29) is 5.91 Å². The summed E-state index contributed by atoms with van der Waals surface area (Å²) in [6.07, 6.45) is 1.27. The van der Waals surface area contributed by atoms with Gasteiger partial charge in [-0.2, -0.15) is 0 Å². The van der Waals surface area contributed by atoms with Crippen LogP contribution in [0.4, 0.5) is 0 Å². The second-order valence-corrected chi connectivity index (χ2v) is 6.90. The van der Waals surface area contributed by atoms with E-state index in [1.54, 1.807) is 19.1 Å². The number of rotatable bonds is 6. The summed E-state index contributed by atoms with van der Waals surface area (Å²) in [5, 5.41) is 11.0. The van der Waals surface area contributed by atoms with Crippen LogP contribution in [0, 0.1) is 0 Å². The highest BCUT2D eigenvalue weighted by Crippen LogP contribution is 2.33. The monoisotopic (exact) mass is 364 g/mol. The highest BCUT2D eigenvalue weighted by molar-refractivity contribution is 5.86. The zero-order valence-electron chi connectivity index (χ0n) is 15.6. The predicted molar refractivity (Wildman–Crippen MR) is 96.4 cm³/mol. The van der Waals surface area contributed by atoms with E-state index in [4.69, 9.17) is 14.2 Å². The van der Waals surface area contributed by atoms with Crippen molar-refractivity contribution < 1.29 is 24.1 Å². The van der Waals surface area contributed by atoms with E-state index < -0.39 is 5.60 Å². The van der Waals surface area contributed by atoms with Gasteiger partial charge in [0, 0.05) is 38.3 Å². The molecule has 2 heterocycles. The van der Waals surface area contributed by atoms with Gasteiger partial charge in [0.2, 0.25) is 0 Å². The van der Waals surface area contributed by atoms with Crippen LogP contribution in [0.25, 0.3) is 0 Å². The number of piperidine rings is 1. The molecule has 2 aliphatic rings. The number of amides is 1. The number of methoxy groups -OCH3 is 2. The fourth-order valence-corrected chi connectivity index (χ4v) is 3.78. The van der Waals surface area contributed by atoms with Crippen LogP contribution < -0.4 is 9.47 Å². The first-order chi connectivity index (χ1) is 12.6. The number of benzene rings is 1. The molecule has 0 spiro atoms. The van der Waals surface area contributed by atoms with Gasteiger partial charge < -0.3 is 24.2 Å². The molecular formula is C19H28N2O5. The Morgan fingerprint density at radius 1 is 1.19 bits per heavy atom. The second-order valence-electron chi connectivity index (χ2n) is 6.90. The molecule has 7 heteroatoms. The van der Waals surface area contributed by atoms with E-state index in [0.29, 0.717) is 50.8 Å². The quantitative estimate of drug-likeness (QED) is 0.808. The standard InChI is InChI=1S/C19H28N2O5/c1-24-16-6-3-5-15(17(16)25-2)13-21-8-4-7-19(23,18(21)22)14-20-9-11-26-12-10-20/h3,5-6,23H,4,7-14H2,1-2H3/t19-/m1/s1. The lowest BCUT2D eigenvalue weighted by Crippen LogP contribution is -2.59. The summed E-state index contributed by atoms with van der Waals surface area (Å²) in [4.78, 5) is 16.9. The molecule has 1 aromatic rings. The second kappa shape index (κ2) is 8.24. The number of aliphatic hydroxyl groups is 1. The van der Waals surface area contributed by atoms with E-state index >= 15 is 0 Å². The fraction of sp³-hybridized carbons (Fsp3) is 0.632. The van der Waals surface area contributed by atoms with Crippen LogP contribution in [0.5, 0.6) is 11.5 Å². The number of hydrogen-bond acceptors (Lipinski definition) is 6. The Morgan fingerprint density at radius 2 is 1.96 bits per heavy atom. The average molecular weight is 364 g/mol. The maximum Gasteiger partial charge on any atom is 0.256 e. The number of ether oxygens (including phenoxy) is 3. The summed E-state index contributed by atoms with van der Waals surface area (Å²) in [5.74, 6) is 1.06. The number of hydrogen-bond donors (Lipinski definition) is 1. The Bertz CT molecular complexity index is 632. The fourth-order valence-electron chi connectivity index (χ4n) is 3.78. The van der Waals surface area contributed by atoms with Gasteiger partial charge in [-0.1, -0.05) is 12.1 Å². The largest absolute Gasteiger partial charge is 0.493 e. The minimum absolute atomic E-state index is 0.208. The maximum absolute atomic E-state index is 13.0. The van der Waals surface area contributed by atoms with Gasteiger partial charge in [0.15, 0.2) is 17.1 Å². The molecule has 26 heavy (non-hydrogen) atoms. The van der Waals surface area contributed by atoms with Crippen LogP contribution in [-0.2, 0) is 16.1 Å². The van der Waals surface area contributed by atoms with Crippen molar-refractivity contribution in [2.24, 2.45) is 0 Å². The van der Waals surface area contributed by atoms with Crippen molar-refractivity contribution in [3.63, 3.8) is 0 Å². The van der Waals surface area contributed by atoms with Crippen molar-refractivity contribution in [1.82, 2.24) is 9.80 Å². The first-order valence-electron chi connectivity index (χ1n) is 9.09. The first kappa shape index (κ1) is 18.9. The number of para-hydroxylation sites is 1. The van der Waals surface area contributed by atoms with Gasteiger partial charge in [0.25, 0.3) is 5.91 Å². The van der Waals surface area contributed by atoms with Gasteiger partial charge in [-0.3, -0.25) is 9.69 Å². The van der Waals surface area contributed by atoms with Gasteiger partial charge in [0.1, 0.15) is 0 Å². The molecule has 2 saturated heterocycles. The molecule has 1 atom stereocenters. The lowest BCUT2D eigenvalue weighted by Gasteiger charge is -2.41. The lowest BCUT2D eigenvalue weighted by molar-refractivity contribution is -0.161. The number of carbonyl (C=O) groups excluding carboxylic acids is 1. The lowest BCUT2D eigenvalue weighted by atomic mass is 9.90. The third-order valence-electron chi connectivity index (χ3n) is 5.14. The predicted octanol–water partition coefficient (Wildman–Crippen LogP) is 0.889. The Hall–Kier alpha value is -1.83. The number of β-amino-alcohol motifs (C(OH)–C–C–N with tert-alkyl or cyclic N) is 1. The topological polar surface area (TPSA) is 71.5 Å². The van der Waals surface area contributed by atoms with Gasteiger partial charge in [-0.15, -0.1) is 0 Å². The molecule has 0 saturated carbocycles.